The topological polar surface area (TPSA) is 66.8 Å². The Morgan fingerprint density at radius 3 is 2.44 bits per heavy atom. The molecule has 0 bridgehead atoms. The van der Waals surface area contributed by atoms with Crippen LogP contribution in [0, 0.1) is 5.82 Å². The second-order valence-corrected chi connectivity index (χ2v) is 4.60. The van der Waals surface area contributed by atoms with Crippen molar-refractivity contribution in [3.05, 3.63) is 23.5 Å². The Bertz CT molecular complexity index is 455. The lowest BCUT2D eigenvalue weighted by Crippen LogP contribution is -2.32. The second kappa shape index (κ2) is 4.48. The van der Waals surface area contributed by atoms with Crippen molar-refractivity contribution >= 4 is 5.97 Å². The molecular formula is C13H15FO4. The van der Waals surface area contributed by atoms with Crippen LogP contribution in [0.2, 0.25) is 0 Å². The van der Waals surface area contributed by atoms with Gasteiger partial charge in [-0.25, -0.2) is 4.39 Å². The van der Waals surface area contributed by atoms with Crippen molar-refractivity contribution in [2.45, 2.75) is 31.1 Å². The van der Waals surface area contributed by atoms with Gasteiger partial charge in [0.15, 0.2) is 17.3 Å². The SMILES string of the molecule is COc1c(O)cc(C2(C(=O)O)CCCC2)cc1F. The largest absolute Gasteiger partial charge is 0.504 e. The summed E-state index contributed by atoms with van der Waals surface area (Å²) >= 11 is 0. The van der Waals surface area contributed by atoms with E-state index in [1.165, 1.54) is 13.2 Å². The van der Waals surface area contributed by atoms with Crippen LogP contribution in [-0.4, -0.2) is 23.3 Å². The molecule has 0 unspecified atom stereocenters. The van der Waals surface area contributed by atoms with Crippen molar-refractivity contribution in [2.24, 2.45) is 0 Å². The number of ether oxygens (including phenoxy) is 1. The first-order valence-electron chi connectivity index (χ1n) is 5.81. The van der Waals surface area contributed by atoms with Crippen molar-refractivity contribution in [2.75, 3.05) is 7.11 Å². The van der Waals surface area contributed by atoms with Crippen LogP contribution in [0.4, 0.5) is 4.39 Å². The van der Waals surface area contributed by atoms with Gasteiger partial charge in [-0.2, -0.15) is 0 Å². The van der Waals surface area contributed by atoms with Crippen molar-refractivity contribution in [3.63, 3.8) is 0 Å². The van der Waals surface area contributed by atoms with Gasteiger partial charge in [0.2, 0.25) is 0 Å². The number of methoxy groups -OCH3 is 1. The van der Waals surface area contributed by atoms with E-state index in [-0.39, 0.29) is 11.5 Å². The van der Waals surface area contributed by atoms with E-state index < -0.39 is 17.2 Å². The maximum absolute atomic E-state index is 13.7. The zero-order chi connectivity index (χ0) is 13.3. The Labute approximate surface area is 104 Å². The number of phenols is 1. The van der Waals surface area contributed by atoms with Crippen molar-refractivity contribution in [3.8, 4) is 11.5 Å². The molecule has 0 heterocycles. The molecule has 5 heteroatoms. The Kier molecular flexibility index (Phi) is 3.15. The molecule has 1 saturated carbocycles. The van der Waals surface area contributed by atoms with Crippen LogP contribution in [-0.2, 0) is 10.2 Å². The highest BCUT2D eigenvalue weighted by atomic mass is 19.1. The predicted molar refractivity (Wildman–Crippen MR) is 62.4 cm³/mol. The van der Waals surface area contributed by atoms with Crippen LogP contribution in [0.15, 0.2) is 12.1 Å². The van der Waals surface area contributed by atoms with Gasteiger partial charge >= 0.3 is 5.97 Å². The Morgan fingerprint density at radius 2 is 2.00 bits per heavy atom. The molecule has 1 aromatic carbocycles. The fourth-order valence-corrected chi connectivity index (χ4v) is 2.66. The third kappa shape index (κ3) is 1.79. The van der Waals surface area contributed by atoms with E-state index in [4.69, 9.17) is 4.74 Å². The van der Waals surface area contributed by atoms with Gasteiger partial charge < -0.3 is 14.9 Å². The molecule has 0 radical (unpaired) electrons. The van der Waals surface area contributed by atoms with Crippen LogP contribution in [0.3, 0.4) is 0 Å². The predicted octanol–water partition coefficient (Wildman–Crippen LogP) is 2.44. The lowest BCUT2D eigenvalue weighted by Gasteiger charge is -2.25. The molecule has 0 amide bonds. The van der Waals surface area contributed by atoms with Gasteiger partial charge in [0, 0.05) is 0 Å². The summed E-state index contributed by atoms with van der Waals surface area (Å²) in [7, 11) is 1.25. The van der Waals surface area contributed by atoms with Crippen LogP contribution in [0.1, 0.15) is 31.2 Å². The minimum atomic E-state index is -1.08. The summed E-state index contributed by atoms with van der Waals surface area (Å²) < 4.78 is 18.4. The van der Waals surface area contributed by atoms with Crippen molar-refractivity contribution in [1.82, 2.24) is 0 Å². The number of aliphatic carboxylic acids is 1. The fourth-order valence-electron chi connectivity index (χ4n) is 2.66. The molecule has 1 aliphatic carbocycles. The van der Waals surface area contributed by atoms with E-state index in [2.05, 4.69) is 0 Å². The molecule has 0 aromatic heterocycles. The first-order chi connectivity index (χ1) is 8.51. The highest BCUT2D eigenvalue weighted by Gasteiger charge is 2.43. The van der Waals surface area contributed by atoms with Crippen LogP contribution in [0.25, 0.3) is 0 Å². The number of carboxylic acid groups (broad SMARTS) is 1. The minimum absolute atomic E-state index is 0.253. The molecule has 98 valence electrons. The van der Waals surface area contributed by atoms with E-state index >= 15 is 0 Å². The molecule has 18 heavy (non-hydrogen) atoms. The second-order valence-electron chi connectivity index (χ2n) is 4.60. The van der Waals surface area contributed by atoms with E-state index in [0.29, 0.717) is 18.4 Å². The summed E-state index contributed by atoms with van der Waals surface area (Å²) in [6.07, 6.45) is 2.52. The number of halogens is 1. The maximum atomic E-state index is 13.7. The van der Waals surface area contributed by atoms with Gasteiger partial charge in [-0.1, -0.05) is 12.8 Å². The van der Waals surface area contributed by atoms with Gasteiger partial charge in [-0.05, 0) is 30.5 Å². The van der Waals surface area contributed by atoms with E-state index in [9.17, 15) is 19.4 Å². The van der Waals surface area contributed by atoms with E-state index in [1.807, 2.05) is 0 Å². The fraction of sp³-hybridized carbons (Fsp3) is 0.462. The quantitative estimate of drug-likeness (QED) is 0.869. The highest BCUT2D eigenvalue weighted by Crippen LogP contribution is 2.44. The van der Waals surface area contributed by atoms with Crippen molar-refractivity contribution < 1.29 is 24.1 Å². The van der Waals surface area contributed by atoms with E-state index in [0.717, 1.165) is 18.9 Å². The zero-order valence-corrected chi connectivity index (χ0v) is 10.1. The molecule has 2 N–H and O–H groups in total. The number of phenolic OH excluding ortho intramolecular Hbond substituents is 1. The Hall–Kier alpha value is -1.78. The van der Waals surface area contributed by atoms with Crippen LogP contribution in [0.5, 0.6) is 11.5 Å². The zero-order valence-electron chi connectivity index (χ0n) is 10.1. The molecule has 0 atom stereocenters. The first kappa shape index (κ1) is 12.7. The lowest BCUT2D eigenvalue weighted by molar-refractivity contribution is -0.143. The summed E-state index contributed by atoms with van der Waals surface area (Å²) in [5.74, 6) is -2.32. The number of hydrogen-bond acceptors (Lipinski definition) is 3. The molecular weight excluding hydrogens is 239 g/mol. The number of benzene rings is 1. The number of aromatic hydroxyl groups is 1. The Balaban J connectivity index is 2.53. The Morgan fingerprint density at radius 1 is 1.39 bits per heavy atom. The highest BCUT2D eigenvalue weighted by molar-refractivity contribution is 5.82. The van der Waals surface area contributed by atoms with Gasteiger partial charge in [-0.15, -0.1) is 0 Å². The maximum Gasteiger partial charge on any atom is 0.314 e. The summed E-state index contributed by atoms with van der Waals surface area (Å²) in [6.45, 7) is 0. The molecule has 0 aliphatic heterocycles. The molecule has 0 spiro atoms. The third-order valence-electron chi connectivity index (χ3n) is 3.65. The van der Waals surface area contributed by atoms with Crippen LogP contribution < -0.4 is 4.74 Å². The van der Waals surface area contributed by atoms with Gasteiger partial charge in [0.05, 0.1) is 12.5 Å². The van der Waals surface area contributed by atoms with Crippen LogP contribution >= 0.6 is 0 Å². The molecule has 1 aliphatic rings. The standard InChI is InChI=1S/C13H15FO4/c1-18-11-9(14)6-8(7-10(11)15)13(12(16)17)4-2-3-5-13/h6-7,15H,2-5H2,1H3,(H,16,17). The van der Waals surface area contributed by atoms with Gasteiger partial charge in [0.1, 0.15) is 0 Å². The number of carbonyl (C=O) groups is 1. The molecule has 2 rings (SSSR count). The van der Waals surface area contributed by atoms with E-state index in [1.54, 1.807) is 0 Å². The summed E-state index contributed by atoms with van der Waals surface area (Å²) in [4.78, 5) is 11.5. The minimum Gasteiger partial charge on any atom is -0.504 e. The smallest absolute Gasteiger partial charge is 0.314 e. The summed E-state index contributed by atoms with van der Waals surface area (Å²) in [6, 6.07) is 2.44. The van der Waals surface area contributed by atoms with Crippen molar-refractivity contribution in [1.29, 1.82) is 0 Å². The molecule has 4 nitrogen and oxygen atoms in total. The summed E-state index contributed by atoms with van der Waals surface area (Å²) in [5.41, 5.74) is -0.770. The van der Waals surface area contributed by atoms with Gasteiger partial charge in [0.25, 0.3) is 0 Å². The molecule has 1 fully saturated rings. The summed E-state index contributed by atoms with van der Waals surface area (Å²) in [5, 5.41) is 19.1. The number of rotatable bonds is 3. The number of carboxylic acids is 1. The number of hydrogen-bond donors (Lipinski definition) is 2. The first-order valence-corrected chi connectivity index (χ1v) is 5.81. The molecule has 0 saturated heterocycles. The normalized spacial score (nSPS) is 17.7. The van der Waals surface area contributed by atoms with Gasteiger partial charge in [-0.3, -0.25) is 4.79 Å². The third-order valence-corrected chi connectivity index (χ3v) is 3.65. The average Bonchev–Trinajstić information content (AvgIpc) is 2.78. The molecule has 1 aromatic rings. The monoisotopic (exact) mass is 254 g/mol. The average molecular weight is 254 g/mol. The lowest BCUT2D eigenvalue weighted by atomic mass is 9.79.